The SMILES string of the molecule is C[C@]12CC(=O)CCC1CC[C@@H]1[C@@H]2CC[C@]2(C)[C@@H](CC=O)CC[C@]12O. The molecule has 0 heterocycles. The maximum Gasteiger partial charge on any atom is 0.133 e. The lowest BCUT2D eigenvalue weighted by molar-refractivity contribution is -0.205. The standard InChI is InChI=1S/C21H32O3/c1-19-13-16(23)5-3-14(19)4-6-18-17(19)8-10-20(2)15(9-12-22)7-11-21(18,20)24/h12,14-15,17-18,24H,3-11,13H2,1-2H3/t14?,15-,17+,18-,19+,20-,21+/m1/s1. The zero-order valence-corrected chi connectivity index (χ0v) is 15.2. The van der Waals surface area contributed by atoms with E-state index in [0.717, 1.165) is 57.7 Å². The van der Waals surface area contributed by atoms with Crippen LogP contribution in [0.25, 0.3) is 0 Å². The van der Waals surface area contributed by atoms with E-state index in [1.165, 1.54) is 6.42 Å². The molecular weight excluding hydrogens is 300 g/mol. The molecule has 0 aromatic rings. The van der Waals surface area contributed by atoms with Crippen LogP contribution >= 0.6 is 0 Å². The molecule has 24 heavy (non-hydrogen) atoms. The van der Waals surface area contributed by atoms with E-state index in [4.69, 9.17) is 0 Å². The van der Waals surface area contributed by atoms with Gasteiger partial charge in [0.1, 0.15) is 12.1 Å². The van der Waals surface area contributed by atoms with Gasteiger partial charge in [0.05, 0.1) is 5.60 Å². The third-order valence-corrected chi connectivity index (χ3v) is 9.17. The van der Waals surface area contributed by atoms with Gasteiger partial charge in [0.15, 0.2) is 0 Å². The van der Waals surface area contributed by atoms with Crippen LogP contribution in [0.15, 0.2) is 0 Å². The lowest BCUT2D eigenvalue weighted by atomic mass is 9.43. The highest BCUT2D eigenvalue weighted by molar-refractivity contribution is 5.80. The van der Waals surface area contributed by atoms with Gasteiger partial charge in [0.25, 0.3) is 0 Å². The molecule has 0 aromatic carbocycles. The number of hydrogen-bond donors (Lipinski definition) is 1. The Labute approximate surface area is 145 Å². The number of aliphatic hydroxyl groups is 1. The molecule has 3 heteroatoms. The molecular formula is C21H32O3. The molecule has 0 bridgehead atoms. The fourth-order valence-electron chi connectivity index (χ4n) is 7.71. The number of Topliss-reactive ketones (excluding diaryl/α,β-unsaturated/α-hetero) is 1. The molecule has 0 saturated heterocycles. The van der Waals surface area contributed by atoms with Gasteiger partial charge in [0.2, 0.25) is 0 Å². The first kappa shape index (κ1) is 16.8. The van der Waals surface area contributed by atoms with Crippen molar-refractivity contribution >= 4 is 12.1 Å². The molecule has 0 spiro atoms. The van der Waals surface area contributed by atoms with Gasteiger partial charge in [-0.1, -0.05) is 13.8 Å². The molecule has 0 aliphatic heterocycles. The van der Waals surface area contributed by atoms with Crippen molar-refractivity contribution in [2.75, 3.05) is 0 Å². The summed E-state index contributed by atoms with van der Waals surface area (Å²) >= 11 is 0. The van der Waals surface area contributed by atoms with E-state index < -0.39 is 5.60 Å². The number of aldehydes is 1. The minimum atomic E-state index is -0.627. The number of carbonyl (C=O) groups is 2. The summed E-state index contributed by atoms with van der Waals surface area (Å²) in [5.41, 5.74) is -0.646. The molecule has 4 aliphatic rings. The normalized spacial score (nSPS) is 53.9. The van der Waals surface area contributed by atoms with Crippen molar-refractivity contribution in [2.45, 2.75) is 83.7 Å². The molecule has 3 nitrogen and oxygen atoms in total. The van der Waals surface area contributed by atoms with Crippen molar-refractivity contribution in [3.05, 3.63) is 0 Å². The second-order valence-electron chi connectivity index (χ2n) is 9.77. The Balaban J connectivity index is 1.68. The van der Waals surface area contributed by atoms with Crippen LogP contribution in [-0.4, -0.2) is 22.8 Å². The number of ketones is 1. The minimum absolute atomic E-state index is 0.0953. The number of rotatable bonds is 2. The Bertz CT molecular complexity index is 557. The van der Waals surface area contributed by atoms with E-state index in [0.29, 0.717) is 35.9 Å². The molecule has 4 aliphatic carbocycles. The monoisotopic (exact) mass is 332 g/mol. The van der Waals surface area contributed by atoms with E-state index in [1.54, 1.807) is 0 Å². The van der Waals surface area contributed by atoms with Crippen molar-refractivity contribution in [1.82, 2.24) is 0 Å². The zero-order valence-electron chi connectivity index (χ0n) is 15.2. The van der Waals surface area contributed by atoms with Crippen molar-refractivity contribution in [3.8, 4) is 0 Å². The first-order chi connectivity index (χ1) is 11.3. The summed E-state index contributed by atoms with van der Waals surface area (Å²) in [6.45, 7) is 4.58. The molecule has 4 fully saturated rings. The Hall–Kier alpha value is -0.700. The molecule has 0 aromatic heterocycles. The van der Waals surface area contributed by atoms with Crippen LogP contribution in [0.3, 0.4) is 0 Å². The molecule has 4 rings (SSSR count). The number of hydrogen-bond acceptors (Lipinski definition) is 3. The summed E-state index contributed by atoms with van der Waals surface area (Å²) in [6, 6.07) is 0. The third kappa shape index (κ3) is 2.00. The second-order valence-corrected chi connectivity index (χ2v) is 9.77. The van der Waals surface area contributed by atoms with Crippen molar-refractivity contribution in [2.24, 2.45) is 34.5 Å². The second kappa shape index (κ2) is 5.40. The maximum atomic E-state index is 12.2. The van der Waals surface area contributed by atoms with Gasteiger partial charge >= 0.3 is 0 Å². The van der Waals surface area contributed by atoms with Crippen LogP contribution in [-0.2, 0) is 9.59 Å². The molecule has 0 amide bonds. The first-order valence-corrected chi connectivity index (χ1v) is 10.0. The first-order valence-electron chi connectivity index (χ1n) is 10.0. The summed E-state index contributed by atoms with van der Waals surface area (Å²) in [6.07, 6.45) is 10.4. The van der Waals surface area contributed by atoms with Crippen molar-refractivity contribution in [1.29, 1.82) is 0 Å². The molecule has 7 atom stereocenters. The van der Waals surface area contributed by atoms with Crippen molar-refractivity contribution < 1.29 is 14.7 Å². The number of carbonyl (C=O) groups excluding carboxylic acids is 2. The van der Waals surface area contributed by atoms with Gasteiger partial charge in [-0.05, 0) is 79.4 Å². The van der Waals surface area contributed by atoms with Gasteiger partial charge in [0, 0.05) is 19.3 Å². The topological polar surface area (TPSA) is 54.4 Å². The molecule has 134 valence electrons. The van der Waals surface area contributed by atoms with Gasteiger partial charge in [-0.25, -0.2) is 0 Å². The molecule has 0 radical (unpaired) electrons. The van der Waals surface area contributed by atoms with Crippen LogP contribution in [0.5, 0.6) is 0 Å². The Morgan fingerprint density at radius 1 is 1.08 bits per heavy atom. The zero-order chi connectivity index (χ0) is 17.2. The van der Waals surface area contributed by atoms with Crippen LogP contribution in [0.2, 0.25) is 0 Å². The van der Waals surface area contributed by atoms with Gasteiger partial charge in [-0.3, -0.25) is 4.79 Å². The van der Waals surface area contributed by atoms with Crippen molar-refractivity contribution in [3.63, 3.8) is 0 Å². The fourth-order valence-corrected chi connectivity index (χ4v) is 7.71. The highest BCUT2D eigenvalue weighted by Gasteiger charge is 2.66. The predicted molar refractivity (Wildman–Crippen MR) is 92.4 cm³/mol. The Morgan fingerprint density at radius 2 is 1.88 bits per heavy atom. The van der Waals surface area contributed by atoms with Gasteiger partial charge in [-0.15, -0.1) is 0 Å². The lowest BCUT2D eigenvalue weighted by Gasteiger charge is -2.63. The van der Waals surface area contributed by atoms with Crippen LogP contribution in [0.4, 0.5) is 0 Å². The van der Waals surface area contributed by atoms with Crippen LogP contribution < -0.4 is 0 Å². The fraction of sp³-hybridized carbons (Fsp3) is 0.905. The molecule has 1 N–H and O–H groups in total. The summed E-state index contributed by atoms with van der Waals surface area (Å²) in [7, 11) is 0. The van der Waals surface area contributed by atoms with Gasteiger partial charge < -0.3 is 9.90 Å². The van der Waals surface area contributed by atoms with Crippen LogP contribution in [0.1, 0.15) is 78.1 Å². The van der Waals surface area contributed by atoms with E-state index in [9.17, 15) is 14.7 Å². The summed E-state index contributed by atoms with van der Waals surface area (Å²) in [5.74, 6) is 2.23. The van der Waals surface area contributed by atoms with E-state index in [1.807, 2.05) is 0 Å². The Kier molecular flexibility index (Phi) is 3.77. The average Bonchev–Trinajstić information content (AvgIpc) is 2.79. The molecule has 1 unspecified atom stereocenters. The van der Waals surface area contributed by atoms with Gasteiger partial charge in [-0.2, -0.15) is 0 Å². The van der Waals surface area contributed by atoms with E-state index in [2.05, 4.69) is 13.8 Å². The third-order valence-electron chi connectivity index (χ3n) is 9.17. The van der Waals surface area contributed by atoms with E-state index >= 15 is 0 Å². The quantitative estimate of drug-likeness (QED) is 0.780. The summed E-state index contributed by atoms with van der Waals surface area (Å²) < 4.78 is 0. The van der Waals surface area contributed by atoms with E-state index in [-0.39, 0.29) is 10.8 Å². The highest BCUT2D eigenvalue weighted by atomic mass is 16.3. The highest BCUT2D eigenvalue weighted by Crippen LogP contribution is 2.69. The summed E-state index contributed by atoms with van der Waals surface area (Å²) in [4.78, 5) is 23.3. The average molecular weight is 332 g/mol. The smallest absolute Gasteiger partial charge is 0.133 e. The lowest BCUT2D eigenvalue weighted by Crippen LogP contribution is -2.62. The molecule has 4 saturated carbocycles. The Morgan fingerprint density at radius 3 is 2.62 bits per heavy atom. The van der Waals surface area contributed by atoms with Crippen LogP contribution in [0, 0.1) is 34.5 Å². The maximum absolute atomic E-state index is 12.2. The largest absolute Gasteiger partial charge is 0.389 e. The number of fused-ring (bicyclic) bond motifs is 5. The minimum Gasteiger partial charge on any atom is -0.389 e. The predicted octanol–water partition coefficient (Wildman–Crippen LogP) is 3.92. The summed E-state index contributed by atoms with van der Waals surface area (Å²) in [5, 5.41) is 11.8.